The summed E-state index contributed by atoms with van der Waals surface area (Å²) in [6.45, 7) is 4.73. The zero-order chi connectivity index (χ0) is 16.1. The maximum atomic E-state index is 12.5. The third-order valence-electron chi connectivity index (χ3n) is 3.98. The second-order valence-electron chi connectivity index (χ2n) is 5.47. The van der Waals surface area contributed by atoms with E-state index in [4.69, 9.17) is 4.74 Å². The van der Waals surface area contributed by atoms with Gasteiger partial charge in [-0.2, -0.15) is 0 Å². The molecule has 0 radical (unpaired) electrons. The monoisotopic (exact) mass is 315 g/mol. The minimum absolute atomic E-state index is 0.105. The van der Waals surface area contributed by atoms with Crippen LogP contribution in [0.15, 0.2) is 36.7 Å². The van der Waals surface area contributed by atoms with Crippen LogP contribution in [0.5, 0.6) is 0 Å². The topological polar surface area (TPSA) is 63.5 Å². The van der Waals surface area contributed by atoms with Gasteiger partial charge in [-0.1, -0.05) is 18.2 Å². The second-order valence-corrected chi connectivity index (χ2v) is 5.47. The van der Waals surface area contributed by atoms with Crippen molar-refractivity contribution in [3.63, 3.8) is 0 Å². The van der Waals surface area contributed by atoms with Gasteiger partial charge in [-0.05, 0) is 12.1 Å². The van der Waals surface area contributed by atoms with Gasteiger partial charge in [-0.15, -0.1) is 5.10 Å². The number of rotatable bonds is 5. The van der Waals surface area contributed by atoms with E-state index in [9.17, 15) is 4.79 Å². The Labute approximate surface area is 135 Å². The molecule has 1 aliphatic rings. The normalized spacial score (nSPS) is 15.8. The van der Waals surface area contributed by atoms with Crippen LogP contribution in [0.25, 0.3) is 5.69 Å². The maximum absolute atomic E-state index is 12.5. The Kier molecular flexibility index (Phi) is 4.99. The van der Waals surface area contributed by atoms with Crippen LogP contribution < -0.4 is 0 Å². The lowest BCUT2D eigenvalue weighted by atomic mass is 10.3. The fraction of sp³-hybridized carbons (Fsp3) is 0.438. The number of amides is 1. The molecule has 1 aromatic heterocycles. The molecule has 0 spiro atoms. The van der Waals surface area contributed by atoms with E-state index in [0.29, 0.717) is 13.1 Å². The number of benzene rings is 1. The zero-order valence-electron chi connectivity index (χ0n) is 13.3. The van der Waals surface area contributed by atoms with Gasteiger partial charge in [-0.25, -0.2) is 9.67 Å². The molecule has 0 saturated carbocycles. The molecular weight excluding hydrogens is 294 g/mol. The van der Waals surface area contributed by atoms with E-state index >= 15 is 0 Å². The van der Waals surface area contributed by atoms with Gasteiger partial charge in [-0.3, -0.25) is 9.69 Å². The molecule has 7 nitrogen and oxygen atoms in total. The highest BCUT2D eigenvalue weighted by molar-refractivity contribution is 5.90. The van der Waals surface area contributed by atoms with E-state index in [2.05, 4.69) is 15.0 Å². The number of carbonyl (C=O) groups is 1. The van der Waals surface area contributed by atoms with Crippen LogP contribution in [0, 0.1) is 0 Å². The number of methoxy groups -OCH3 is 1. The summed E-state index contributed by atoms with van der Waals surface area (Å²) in [5.41, 5.74) is 0.892. The minimum Gasteiger partial charge on any atom is -0.383 e. The summed E-state index contributed by atoms with van der Waals surface area (Å²) in [5, 5.41) is 4.30. The van der Waals surface area contributed by atoms with Gasteiger partial charge >= 0.3 is 0 Å². The van der Waals surface area contributed by atoms with E-state index in [0.717, 1.165) is 31.9 Å². The summed E-state index contributed by atoms with van der Waals surface area (Å²) >= 11 is 0. The van der Waals surface area contributed by atoms with Crippen molar-refractivity contribution in [3.05, 3.63) is 42.5 Å². The number of hydrogen-bond donors (Lipinski definition) is 0. The predicted octanol–water partition coefficient (Wildman–Crippen LogP) is 0.671. The largest absolute Gasteiger partial charge is 0.383 e. The molecule has 1 aliphatic heterocycles. The van der Waals surface area contributed by atoms with Crippen LogP contribution >= 0.6 is 0 Å². The van der Waals surface area contributed by atoms with Gasteiger partial charge in [0.15, 0.2) is 0 Å². The molecule has 0 N–H and O–H groups in total. The number of piperazine rings is 1. The molecular formula is C16H21N5O2. The number of nitrogens with zero attached hydrogens (tertiary/aromatic N) is 5. The SMILES string of the molecule is COCCN1CCN(C(=O)c2ncn(-c3ccccc3)n2)CC1. The van der Waals surface area contributed by atoms with Gasteiger partial charge < -0.3 is 9.64 Å². The smallest absolute Gasteiger partial charge is 0.293 e. The van der Waals surface area contributed by atoms with Gasteiger partial charge in [0.2, 0.25) is 5.82 Å². The summed E-state index contributed by atoms with van der Waals surface area (Å²) in [4.78, 5) is 20.8. The summed E-state index contributed by atoms with van der Waals surface area (Å²) in [6, 6.07) is 9.65. The third kappa shape index (κ3) is 3.75. The Morgan fingerprint density at radius 1 is 1.17 bits per heavy atom. The van der Waals surface area contributed by atoms with Crippen LogP contribution in [0.2, 0.25) is 0 Å². The second kappa shape index (κ2) is 7.34. The summed E-state index contributed by atoms with van der Waals surface area (Å²) in [7, 11) is 1.70. The summed E-state index contributed by atoms with van der Waals surface area (Å²) in [6.07, 6.45) is 1.58. The number of hydrogen-bond acceptors (Lipinski definition) is 5. The average Bonchev–Trinajstić information content (AvgIpc) is 3.11. The van der Waals surface area contributed by atoms with Gasteiger partial charge in [0.25, 0.3) is 5.91 Å². The van der Waals surface area contributed by atoms with Crippen molar-refractivity contribution in [2.24, 2.45) is 0 Å². The fourth-order valence-corrected chi connectivity index (χ4v) is 2.60. The Hall–Kier alpha value is -2.25. The Balaban J connectivity index is 1.60. The predicted molar refractivity (Wildman–Crippen MR) is 85.6 cm³/mol. The van der Waals surface area contributed by atoms with Crippen molar-refractivity contribution in [1.82, 2.24) is 24.6 Å². The highest BCUT2D eigenvalue weighted by atomic mass is 16.5. The molecule has 122 valence electrons. The first-order valence-corrected chi connectivity index (χ1v) is 7.75. The van der Waals surface area contributed by atoms with Crippen molar-refractivity contribution in [2.45, 2.75) is 0 Å². The first kappa shape index (κ1) is 15.6. The van der Waals surface area contributed by atoms with Crippen molar-refractivity contribution in [1.29, 1.82) is 0 Å². The molecule has 1 fully saturated rings. The summed E-state index contributed by atoms with van der Waals surface area (Å²) < 4.78 is 6.72. The van der Waals surface area contributed by atoms with Crippen molar-refractivity contribution < 1.29 is 9.53 Å². The molecule has 3 rings (SSSR count). The molecule has 0 aliphatic carbocycles. The molecule has 7 heteroatoms. The van der Waals surface area contributed by atoms with Crippen LogP contribution in [-0.2, 0) is 4.74 Å². The number of aromatic nitrogens is 3. The molecule has 0 unspecified atom stereocenters. The molecule has 0 atom stereocenters. The Bertz CT molecular complexity index is 635. The molecule has 1 aromatic carbocycles. The Morgan fingerprint density at radius 3 is 2.61 bits per heavy atom. The van der Waals surface area contributed by atoms with Crippen LogP contribution in [0.4, 0.5) is 0 Å². The fourth-order valence-electron chi connectivity index (χ4n) is 2.60. The number of para-hydroxylation sites is 1. The van der Waals surface area contributed by atoms with Crippen LogP contribution in [-0.4, -0.2) is 76.9 Å². The highest BCUT2D eigenvalue weighted by Crippen LogP contribution is 2.08. The number of ether oxygens (including phenoxy) is 1. The third-order valence-corrected chi connectivity index (χ3v) is 3.98. The first-order valence-electron chi connectivity index (χ1n) is 7.75. The van der Waals surface area contributed by atoms with E-state index in [-0.39, 0.29) is 11.7 Å². The molecule has 1 saturated heterocycles. The van der Waals surface area contributed by atoms with Crippen molar-refractivity contribution >= 4 is 5.91 Å². The minimum atomic E-state index is -0.105. The molecule has 2 aromatic rings. The lowest BCUT2D eigenvalue weighted by Crippen LogP contribution is -2.49. The van der Waals surface area contributed by atoms with E-state index < -0.39 is 0 Å². The maximum Gasteiger partial charge on any atom is 0.293 e. The lowest BCUT2D eigenvalue weighted by Gasteiger charge is -2.33. The van der Waals surface area contributed by atoms with Gasteiger partial charge in [0, 0.05) is 39.8 Å². The lowest BCUT2D eigenvalue weighted by molar-refractivity contribution is 0.0583. The summed E-state index contributed by atoms with van der Waals surface area (Å²) in [5.74, 6) is 0.144. The van der Waals surface area contributed by atoms with E-state index in [1.165, 1.54) is 0 Å². The van der Waals surface area contributed by atoms with Crippen molar-refractivity contribution in [2.75, 3.05) is 46.4 Å². The number of carbonyl (C=O) groups excluding carboxylic acids is 1. The van der Waals surface area contributed by atoms with Gasteiger partial charge in [0.05, 0.1) is 12.3 Å². The molecule has 1 amide bonds. The zero-order valence-corrected chi connectivity index (χ0v) is 13.3. The average molecular weight is 315 g/mol. The van der Waals surface area contributed by atoms with E-state index in [1.807, 2.05) is 35.2 Å². The molecule has 23 heavy (non-hydrogen) atoms. The Morgan fingerprint density at radius 2 is 1.91 bits per heavy atom. The van der Waals surface area contributed by atoms with Crippen LogP contribution in [0.3, 0.4) is 0 Å². The van der Waals surface area contributed by atoms with E-state index in [1.54, 1.807) is 18.1 Å². The highest BCUT2D eigenvalue weighted by Gasteiger charge is 2.24. The standard InChI is InChI=1S/C16H21N5O2/c1-23-12-11-19-7-9-20(10-8-19)16(22)15-17-13-21(18-15)14-5-3-2-4-6-14/h2-6,13H,7-12H2,1H3. The van der Waals surface area contributed by atoms with Crippen molar-refractivity contribution in [3.8, 4) is 5.69 Å². The quantitative estimate of drug-likeness (QED) is 0.811. The molecule has 0 bridgehead atoms. The molecule has 2 heterocycles. The first-order chi connectivity index (χ1) is 11.3. The van der Waals surface area contributed by atoms with Crippen LogP contribution in [0.1, 0.15) is 10.6 Å². The van der Waals surface area contributed by atoms with Gasteiger partial charge in [0.1, 0.15) is 6.33 Å².